The molecule has 2 aliphatic rings. The molecule has 0 amide bonds. The average molecular weight is 454 g/mol. The number of rotatable bonds is 5. The number of aromatic nitrogens is 4. The molecule has 1 aliphatic carbocycles. The molecule has 0 bridgehead atoms. The summed E-state index contributed by atoms with van der Waals surface area (Å²) in [7, 11) is 1.88. The van der Waals surface area contributed by atoms with Gasteiger partial charge in [-0.2, -0.15) is 15.5 Å². The van der Waals surface area contributed by atoms with E-state index >= 15 is 0 Å². The third-order valence-electron chi connectivity index (χ3n) is 6.61. The number of fused-ring (bicyclic) bond motifs is 2. The second-order valence-electron chi connectivity index (χ2n) is 8.83. The molecule has 0 spiro atoms. The van der Waals surface area contributed by atoms with Crippen LogP contribution in [0, 0.1) is 11.3 Å². The van der Waals surface area contributed by atoms with Gasteiger partial charge in [-0.15, -0.1) is 0 Å². The molecule has 0 unspecified atom stereocenters. The number of aryl methyl sites for hydroxylation is 2. The van der Waals surface area contributed by atoms with E-state index in [1.54, 1.807) is 10.9 Å². The number of nitrogens with one attached hydrogen (secondary N) is 1. The third-order valence-corrected chi connectivity index (χ3v) is 6.61. The first kappa shape index (κ1) is 20.6. The van der Waals surface area contributed by atoms with E-state index in [0.717, 1.165) is 57.4 Å². The number of hydrogen-bond acceptors (Lipinski definition) is 6. The smallest absolute Gasteiger partial charge is 0.272 e. The van der Waals surface area contributed by atoms with Crippen LogP contribution in [0.4, 0.5) is 0 Å². The van der Waals surface area contributed by atoms with Gasteiger partial charge in [0.2, 0.25) is 0 Å². The normalized spacial score (nSPS) is 14.9. The van der Waals surface area contributed by atoms with Gasteiger partial charge in [-0.3, -0.25) is 9.48 Å². The van der Waals surface area contributed by atoms with Gasteiger partial charge in [0.15, 0.2) is 0 Å². The molecule has 1 N–H and O–H groups in total. The first-order valence-corrected chi connectivity index (χ1v) is 11.5. The van der Waals surface area contributed by atoms with E-state index in [0.29, 0.717) is 36.3 Å². The highest BCUT2D eigenvalue weighted by Gasteiger charge is 2.31. The molecule has 1 fully saturated rings. The highest BCUT2D eigenvalue weighted by Crippen LogP contribution is 2.44. The van der Waals surface area contributed by atoms with E-state index < -0.39 is 0 Å². The Hall–Kier alpha value is -3.96. The van der Waals surface area contributed by atoms with Crippen LogP contribution in [0.25, 0.3) is 33.2 Å². The summed E-state index contributed by atoms with van der Waals surface area (Å²) in [6.07, 6.45) is 4.69. The fourth-order valence-electron chi connectivity index (χ4n) is 4.74. The molecule has 2 aromatic heterocycles. The Morgan fingerprint density at radius 3 is 2.88 bits per heavy atom. The highest BCUT2D eigenvalue weighted by molar-refractivity contribution is 5.93. The molecule has 8 heteroatoms. The molecule has 6 rings (SSSR count). The molecule has 8 nitrogen and oxygen atoms in total. The fraction of sp³-hybridized carbons (Fsp3) is 0.308. The molecule has 0 atom stereocenters. The van der Waals surface area contributed by atoms with Gasteiger partial charge in [0.05, 0.1) is 42.3 Å². The minimum Gasteiger partial charge on any atom is -0.489 e. The molecule has 1 aliphatic heterocycles. The van der Waals surface area contributed by atoms with Gasteiger partial charge in [-0.05, 0) is 54.2 Å². The maximum absolute atomic E-state index is 12.3. The topological polar surface area (TPSA) is 106 Å². The van der Waals surface area contributed by atoms with Crippen LogP contribution in [-0.4, -0.2) is 26.1 Å². The van der Waals surface area contributed by atoms with Gasteiger partial charge in [0, 0.05) is 23.6 Å². The standard InChI is InChI=1S/C26H23N5O3/c1-3-22-18-8-14(4-7-17(18)26(32)30-29-22)20-11-28-31(2)25(20)24-19(10-27)23(34-16-5-6-16)9-15-12-33-13-21(15)24/h4,7-9,11,16H,3,5-6,12-13H2,1-2H3,(H,30,32). The number of aromatic amines is 1. The van der Waals surface area contributed by atoms with Crippen molar-refractivity contribution in [2.75, 3.05) is 0 Å². The van der Waals surface area contributed by atoms with E-state index in [4.69, 9.17) is 9.47 Å². The average Bonchev–Trinajstić information content (AvgIpc) is 3.39. The van der Waals surface area contributed by atoms with Crippen LogP contribution in [0.3, 0.4) is 0 Å². The van der Waals surface area contributed by atoms with E-state index in [2.05, 4.69) is 21.4 Å². The Labute approximate surface area is 195 Å². The lowest BCUT2D eigenvalue weighted by Crippen LogP contribution is -2.10. The number of H-pyrrole nitrogens is 1. The van der Waals surface area contributed by atoms with Crippen molar-refractivity contribution >= 4 is 10.8 Å². The predicted octanol–water partition coefficient (Wildman–Crippen LogP) is 4.00. The molecule has 2 aromatic carbocycles. The second-order valence-corrected chi connectivity index (χ2v) is 8.83. The summed E-state index contributed by atoms with van der Waals surface area (Å²) in [6, 6.07) is 10.1. The Morgan fingerprint density at radius 1 is 1.26 bits per heavy atom. The Morgan fingerprint density at radius 2 is 2.12 bits per heavy atom. The Bertz CT molecular complexity index is 1560. The Balaban J connectivity index is 1.60. The summed E-state index contributed by atoms with van der Waals surface area (Å²) in [5.41, 5.74) is 6.58. The summed E-state index contributed by atoms with van der Waals surface area (Å²) in [5, 5.41) is 23.0. The summed E-state index contributed by atoms with van der Waals surface area (Å²) >= 11 is 0. The minimum absolute atomic E-state index is 0.171. The summed E-state index contributed by atoms with van der Waals surface area (Å²) in [6.45, 7) is 2.94. The monoisotopic (exact) mass is 453 g/mol. The van der Waals surface area contributed by atoms with Gasteiger partial charge in [0.25, 0.3) is 5.56 Å². The van der Waals surface area contributed by atoms with Crippen LogP contribution in [0.15, 0.2) is 35.3 Å². The molecule has 4 aromatic rings. The molecular formula is C26H23N5O3. The van der Waals surface area contributed by atoms with Crippen molar-refractivity contribution in [2.45, 2.75) is 45.5 Å². The zero-order valence-electron chi connectivity index (χ0n) is 19.0. The summed E-state index contributed by atoms with van der Waals surface area (Å²) in [4.78, 5) is 12.3. The fourth-order valence-corrected chi connectivity index (χ4v) is 4.74. The van der Waals surface area contributed by atoms with Crippen LogP contribution in [0.1, 0.15) is 42.1 Å². The largest absolute Gasteiger partial charge is 0.489 e. The van der Waals surface area contributed by atoms with Crippen LogP contribution < -0.4 is 10.3 Å². The second kappa shape index (κ2) is 7.82. The van der Waals surface area contributed by atoms with Gasteiger partial charge in [0.1, 0.15) is 17.4 Å². The number of nitrogens with zero attached hydrogens (tertiary/aromatic N) is 4. The number of hydrogen-bond donors (Lipinski definition) is 1. The molecule has 34 heavy (non-hydrogen) atoms. The van der Waals surface area contributed by atoms with Crippen molar-refractivity contribution in [1.82, 2.24) is 20.0 Å². The van der Waals surface area contributed by atoms with Crippen LogP contribution in [0.2, 0.25) is 0 Å². The van der Waals surface area contributed by atoms with Crippen LogP contribution >= 0.6 is 0 Å². The lowest BCUT2D eigenvalue weighted by atomic mass is 9.91. The highest BCUT2D eigenvalue weighted by atomic mass is 16.5. The number of benzene rings is 2. The zero-order valence-corrected chi connectivity index (χ0v) is 19.0. The van der Waals surface area contributed by atoms with E-state index in [9.17, 15) is 10.1 Å². The maximum Gasteiger partial charge on any atom is 0.272 e. The summed E-state index contributed by atoms with van der Waals surface area (Å²) in [5.74, 6) is 0.610. The molecule has 170 valence electrons. The molecule has 0 radical (unpaired) electrons. The van der Waals surface area contributed by atoms with Crippen molar-refractivity contribution in [3.63, 3.8) is 0 Å². The van der Waals surface area contributed by atoms with Crippen molar-refractivity contribution < 1.29 is 9.47 Å². The molecular weight excluding hydrogens is 430 g/mol. The third kappa shape index (κ3) is 3.20. The van der Waals surface area contributed by atoms with E-state index in [-0.39, 0.29) is 11.7 Å². The van der Waals surface area contributed by atoms with Crippen molar-refractivity contribution in [1.29, 1.82) is 5.26 Å². The van der Waals surface area contributed by atoms with Gasteiger partial charge < -0.3 is 9.47 Å². The van der Waals surface area contributed by atoms with Crippen LogP contribution in [0.5, 0.6) is 5.75 Å². The Kier molecular flexibility index (Phi) is 4.74. The van der Waals surface area contributed by atoms with Crippen LogP contribution in [-0.2, 0) is 31.4 Å². The zero-order chi connectivity index (χ0) is 23.4. The predicted molar refractivity (Wildman–Crippen MR) is 126 cm³/mol. The molecule has 1 saturated carbocycles. The lowest BCUT2D eigenvalue weighted by molar-refractivity contribution is 0.134. The van der Waals surface area contributed by atoms with Crippen molar-refractivity contribution in [3.8, 4) is 34.2 Å². The van der Waals surface area contributed by atoms with E-state index in [1.165, 1.54) is 0 Å². The first-order valence-electron chi connectivity index (χ1n) is 11.5. The number of ether oxygens (including phenoxy) is 2. The quantitative estimate of drug-likeness (QED) is 0.490. The minimum atomic E-state index is -0.211. The van der Waals surface area contributed by atoms with E-state index in [1.807, 2.05) is 38.2 Å². The van der Waals surface area contributed by atoms with Crippen molar-refractivity contribution in [3.05, 3.63) is 63.2 Å². The van der Waals surface area contributed by atoms with Gasteiger partial charge in [-0.25, -0.2) is 5.10 Å². The maximum atomic E-state index is 12.3. The van der Waals surface area contributed by atoms with Crippen molar-refractivity contribution in [2.24, 2.45) is 7.05 Å². The lowest BCUT2D eigenvalue weighted by Gasteiger charge is -2.17. The molecule has 3 heterocycles. The van der Waals surface area contributed by atoms with Gasteiger partial charge >= 0.3 is 0 Å². The number of nitriles is 1. The molecule has 0 saturated heterocycles. The SMILES string of the molecule is CCc1n[nH]c(=O)c2ccc(-c3cnn(C)c3-c3c(C#N)c(OC4CC4)cc4c3COC4)cc12. The van der Waals surface area contributed by atoms with Gasteiger partial charge in [-0.1, -0.05) is 13.0 Å². The first-order chi connectivity index (χ1) is 16.6. The summed E-state index contributed by atoms with van der Waals surface area (Å²) < 4.78 is 13.7.